The van der Waals surface area contributed by atoms with Gasteiger partial charge in [-0.3, -0.25) is 0 Å². The molecular formula is C24H40BrNO2. The van der Waals surface area contributed by atoms with Crippen LogP contribution in [0.2, 0.25) is 0 Å². The first-order chi connectivity index (χ1) is 12.8. The highest BCUT2D eigenvalue weighted by molar-refractivity contribution is 8.93. The Balaban J connectivity index is 0.00000729. The van der Waals surface area contributed by atoms with Gasteiger partial charge in [-0.1, -0.05) is 77.0 Å². The molecule has 0 amide bonds. The van der Waals surface area contributed by atoms with Crippen molar-refractivity contribution in [2.24, 2.45) is 5.73 Å². The molecule has 28 heavy (non-hydrogen) atoms. The Morgan fingerprint density at radius 1 is 1.04 bits per heavy atom. The molecule has 0 aliphatic carbocycles. The molecule has 0 saturated heterocycles. The Hall–Kier alpha value is -1.13. The average Bonchev–Trinajstić information content (AvgIpc) is 2.60. The number of hydrogen-bond acceptors (Lipinski definition) is 3. The van der Waals surface area contributed by atoms with Gasteiger partial charge in [-0.2, -0.15) is 0 Å². The lowest BCUT2D eigenvalue weighted by Gasteiger charge is -2.24. The van der Waals surface area contributed by atoms with E-state index in [9.17, 15) is 4.79 Å². The van der Waals surface area contributed by atoms with Crippen molar-refractivity contribution in [3.05, 3.63) is 41.5 Å². The van der Waals surface area contributed by atoms with Crippen molar-refractivity contribution >= 4 is 23.0 Å². The highest BCUT2D eigenvalue weighted by Gasteiger charge is 2.22. The van der Waals surface area contributed by atoms with E-state index < -0.39 is 5.54 Å². The first kappa shape index (κ1) is 26.9. The van der Waals surface area contributed by atoms with Crippen LogP contribution in [0.3, 0.4) is 0 Å². The zero-order valence-corrected chi connectivity index (χ0v) is 20.0. The van der Waals surface area contributed by atoms with E-state index in [4.69, 9.17) is 10.5 Å². The second-order valence-corrected chi connectivity index (χ2v) is 8.25. The van der Waals surface area contributed by atoms with Crippen molar-refractivity contribution in [3.8, 4) is 5.75 Å². The van der Waals surface area contributed by atoms with E-state index in [-0.39, 0.29) is 23.0 Å². The summed E-state index contributed by atoms with van der Waals surface area (Å²) in [5, 5.41) is 0. The summed E-state index contributed by atoms with van der Waals surface area (Å²) in [5.74, 6) is 0.244. The van der Waals surface area contributed by atoms with Crippen molar-refractivity contribution in [1.29, 1.82) is 0 Å². The zero-order valence-electron chi connectivity index (χ0n) is 18.3. The van der Waals surface area contributed by atoms with Gasteiger partial charge in [0.2, 0.25) is 0 Å². The van der Waals surface area contributed by atoms with Crippen LogP contribution >= 0.6 is 17.0 Å². The minimum absolute atomic E-state index is 0. The number of nitrogens with two attached hydrogens (primary N) is 1. The summed E-state index contributed by atoms with van der Waals surface area (Å²) in [6, 6.07) is 5.81. The first-order valence-corrected chi connectivity index (χ1v) is 10.6. The lowest BCUT2D eigenvalue weighted by molar-refractivity contribution is -0.130. The van der Waals surface area contributed by atoms with Gasteiger partial charge in [0.25, 0.3) is 0 Å². The highest BCUT2D eigenvalue weighted by atomic mass is 79.9. The smallest absolute Gasteiger partial charge is 0.338 e. The van der Waals surface area contributed by atoms with Gasteiger partial charge in [0.05, 0.1) is 0 Å². The molecule has 0 bridgehead atoms. The second kappa shape index (κ2) is 13.9. The van der Waals surface area contributed by atoms with E-state index >= 15 is 0 Å². The molecule has 0 saturated carbocycles. The monoisotopic (exact) mass is 453 g/mol. The molecule has 0 spiro atoms. The van der Waals surface area contributed by atoms with Gasteiger partial charge in [0.1, 0.15) is 5.75 Å². The van der Waals surface area contributed by atoms with Crippen LogP contribution in [0, 0.1) is 0 Å². The molecule has 0 atom stereocenters. The molecule has 3 nitrogen and oxygen atoms in total. The van der Waals surface area contributed by atoms with Crippen molar-refractivity contribution in [3.63, 3.8) is 0 Å². The van der Waals surface area contributed by atoms with Crippen LogP contribution in [0.1, 0.15) is 96.6 Å². The lowest BCUT2D eigenvalue weighted by atomic mass is 9.88. The fourth-order valence-electron chi connectivity index (χ4n) is 3.32. The highest BCUT2D eigenvalue weighted by Crippen LogP contribution is 2.31. The molecule has 4 heteroatoms. The number of esters is 1. The molecule has 1 aromatic carbocycles. The van der Waals surface area contributed by atoms with Crippen molar-refractivity contribution in [2.75, 3.05) is 0 Å². The maximum absolute atomic E-state index is 12.0. The van der Waals surface area contributed by atoms with Gasteiger partial charge in [-0.05, 0) is 50.8 Å². The predicted molar refractivity (Wildman–Crippen MR) is 125 cm³/mol. The molecule has 0 aromatic heterocycles. The molecule has 0 radical (unpaired) electrons. The summed E-state index contributed by atoms with van der Waals surface area (Å²) in [7, 11) is 0. The standard InChI is InChI=1S/C24H39NO2.BrH/c1-6-7-8-9-10-11-12-13-14-16-20-21(24(4,5)25)17-15-18-22(20)27-23(26)19(2)3;/h15,17-18H,2,6-14,16,25H2,1,3-5H3;1H. The Labute approximate surface area is 182 Å². The summed E-state index contributed by atoms with van der Waals surface area (Å²) in [4.78, 5) is 12.0. The van der Waals surface area contributed by atoms with E-state index in [1.807, 2.05) is 32.0 Å². The minimum Gasteiger partial charge on any atom is -0.423 e. The number of rotatable bonds is 13. The zero-order chi connectivity index (χ0) is 20.3. The third-order valence-corrected chi connectivity index (χ3v) is 4.91. The molecule has 0 heterocycles. The molecule has 1 rings (SSSR count). The topological polar surface area (TPSA) is 52.3 Å². The van der Waals surface area contributed by atoms with Gasteiger partial charge in [0, 0.05) is 11.1 Å². The van der Waals surface area contributed by atoms with Gasteiger partial charge in [-0.25, -0.2) is 4.79 Å². The van der Waals surface area contributed by atoms with E-state index in [2.05, 4.69) is 13.5 Å². The second-order valence-electron chi connectivity index (χ2n) is 8.25. The Kier molecular flexibility index (Phi) is 13.4. The number of carbonyl (C=O) groups is 1. The fourth-order valence-corrected chi connectivity index (χ4v) is 3.32. The number of unbranched alkanes of at least 4 members (excludes halogenated alkanes) is 8. The van der Waals surface area contributed by atoms with E-state index in [1.54, 1.807) is 6.92 Å². The lowest BCUT2D eigenvalue weighted by Crippen LogP contribution is -2.30. The average molecular weight is 454 g/mol. The van der Waals surface area contributed by atoms with Crippen LogP contribution in [0.5, 0.6) is 5.75 Å². The van der Waals surface area contributed by atoms with E-state index in [1.165, 1.54) is 51.4 Å². The molecule has 1 aromatic rings. The Morgan fingerprint density at radius 3 is 2.07 bits per heavy atom. The third-order valence-electron chi connectivity index (χ3n) is 4.91. The molecule has 0 aliphatic rings. The van der Waals surface area contributed by atoms with Crippen molar-refractivity contribution in [1.82, 2.24) is 0 Å². The number of benzene rings is 1. The summed E-state index contributed by atoms with van der Waals surface area (Å²) in [5.41, 5.74) is 8.41. The summed E-state index contributed by atoms with van der Waals surface area (Å²) >= 11 is 0. The van der Waals surface area contributed by atoms with E-state index in [0.29, 0.717) is 11.3 Å². The van der Waals surface area contributed by atoms with Crippen LogP contribution in [0.25, 0.3) is 0 Å². The van der Waals surface area contributed by atoms with Crippen LogP contribution in [0.15, 0.2) is 30.4 Å². The van der Waals surface area contributed by atoms with Gasteiger partial charge < -0.3 is 10.5 Å². The van der Waals surface area contributed by atoms with Crippen LogP contribution in [0.4, 0.5) is 0 Å². The summed E-state index contributed by atoms with van der Waals surface area (Å²) in [6.07, 6.45) is 12.5. The maximum atomic E-state index is 12.0. The quantitative estimate of drug-likeness (QED) is 0.151. The molecule has 2 N–H and O–H groups in total. The first-order valence-electron chi connectivity index (χ1n) is 10.6. The largest absolute Gasteiger partial charge is 0.423 e. The number of ether oxygens (including phenoxy) is 1. The van der Waals surface area contributed by atoms with Crippen LogP contribution < -0.4 is 10.5 Å². The maximum Gasteiger partial charge on any atom is 0.338 e. The normalized spacial score (nSPS) is 11.0. The summed E-state index contributed by atoms with van der Waals surface area (Å²) in [6.45, 7) is 11.6. The number of hydrogen-bond donors (Lipinski definition) is 1. The molecule has 0 fully saturated rings. The van der Waals surface area contributed by atoms with Crippen molar-refractivity contribution < 1.29 is 9.53 Å². The van der Waals surface area contributed by atoms with Crippen LogP contribution in [-0.4, -0.2) is 5.97 Å². The predicted octanol–water partition coefficient (Wildman–Crippen LogP) is 7.01. The summed E-state index contributed by atoms with van der Waals surface area (Å²) < 4.78 is 5.58. The Morgan fingerprint density at radius 2 is 1.57 bits per heavy atom. The Bertz CT molecular complexity index is 605. The fraction of sp³-hybridized carbons (Fsp3) is 0.625. The van der Waals surface area contributed by atoms with Gasteiger partial charge >= 0.3 is 5.97 Å². The molecule has 0 aliphatic heterocycles. The third kappa shape index (κ3) is 9.88. The molecule has 0 unspecified atom stereocenters. The van der Waals surface area contributed by atoms with Gasteiger partial charge in [-0.15, -0.1) is 17.0 Å². The van der Waals surface area contributed by atoms with E-state index in [0.717, 1.165) is 24.0 Å². The SMILES string of the molecule is Br.C=C(C)C(=O)Oc1cccc(C(C)(C)N)c1CCCCCCCCCCC. The van der Waals surface area contributed by atoms with Crippen molar-refractivity contribution in [2.45, 2.75) is 97.4 Å². The number of halogens is 1. The minimum atomic E-state index is -0.472. The molecular weight excluding hydrogens is 414 g/mol. The van der Waals surface area contributed by atoms with Gasteiger partial charge in [0.15, 0.2) is 0 Å². The molecule has 160 valence electrons. The van der Waals surface area contributed by atoms with Crippen LogP contribution in [-0.2, 0) is 16.8 Å². The number of carbonyl (C=O) groups excluding carboxylic acids is 1.